The third-order valence-corrected chi connectivity index (χ3v) is 3.05. The number of aromatic nitrogens is 2. The van der Waals surface area contributed by atoms with Crippen molar-refractivity contribution in [2.45, 2.75) is 20.8 Å². The monoisotopic (exact) mass is 256 g/mol. The van der Waals surface area contributed by atoms with Crippen LogP contribution in [0.15, 0.2) is 24.3 Å². The SMILES string of the molecule is Cc1cc(C)c(-c2ccc(NCCN)nn2)c(C)c1. The van der Waals surface area contributed by atoms with Gasteiger partial charge < -0.3 is 11.1 Å². The molecule has 0 radical (unpaired) electrons. The first-order valence-corrected chi connectivity index (χ1v) is 6.47. The molecular weight excluding hydrogens is 236 g/mol. The maximum Gasteiger partial charge on any atom is 0.148 e. The minimum Gasteiger partial charge on any atom is -0.367 e. The molecule has 2 rings (SSSR count). The first-order valence-electron chi connectivity index (χ1n) is 6.47. The molecule has 0 aliphatic heterocycles. The molecule has 1 heterocycles. The zero-order valence-electron chi connectivity index (χ0n) is 11.7. The van der Waals surface area contributed by atoms with E-state index in [0.717, 1.165) is 11.5 Å². The summed E-state index contributed by atoms with van der Waals surface area (Å²) in [5.41, 5.74) is 11.3. The average Bonchev–Trinajstić information content (AvgIpc) is 2.36. The molecule has 4 nitrogen and oxygen atoms in total. The summed E-state index contributed by atoms with van der Waals surface area (Å²) < 4.78 is 0. The summed E-state index contributed by atoms with van der Waals surface area (Å²) in [5.74, 6) is 0.761. The van der Waals surface area contributed by atoms with Gasteiger partial charge in [0.15, 0.2) is 0 Å². The summed E-state index contributed by atoms with van der Waals surface area (Å²) in [6, 6.07) is 8.28. The topological polar surface area (TPSA) is 63.8 Å². The fourth-order valence-corrected chi connectivity index (χ4v) is 2.34. The number of nitrogens with one attached hydrogen (secondary N) is 1. The predicted octanol–water partition coefficient (Wildman–Crippen LogP) is 2.44. The summed E-state index contributed by atoms with van der Waals surface area (Å²) in [4.78, 5) is 0. The van der Waals surface area contributed by atoms with Gasteiger partial charge in [0.2, 0.25) is 0 Å². The smallest absolute Gasteiger partial charge is 0.148 e. The Hall–Kier alpha value is -1.94. The minimum atomic E-state index is 0.583. The lowest BCUT2D eigenvalue weighted by Gasteiger charge is -2.11. The highest BCUT2D eigenvalue weighted by Crippen LogP contribution is 2.26. The number of aryl methyl sites for hydroxylation is 3. The van der Waals surface area contributed by atoms with E-state index in [1.807, 2.05) is 12.1 Å². The molecule has 0 bridgehead atoms. The fraction of sp³-hybridized carbons (Fsp3) is 0.333. The molecule has 0 saturated heterocycles. The molecule has 0 saturated carbocycles. The number of anilines is 1. The summed E-state index contributed by atoms with van der Waals surface area (Å²) in [6.07, 6.45) is 0. The second-order valence-corrected chi connectivity index (χ2v) is 4.79. The highest BCUT2D eigenvalue weighted by Gasteiger charge is 2.08. The molecule has 0 unspecified atom stereocenters. The first kappa shape index (κ1) is 13.5. The molecule has 1 aromatic heterocycles. The van der Waals surface area contributed by atoms with E-state index in [1.54, 1.807) is 0 Å². The molecular formula is C15H20N4. The van der Waals surface area contributed by atoms with E-state index >= 15 is 0 Å². The van der Waals surface area contributed by atoms with Crippen LogP contribution in [0.25, 0.3) is 11.3 Å². The quantitative estimate of drug-likeness (QED) is 0.882. The molecule has 1 aromatic carbocycles. The Morgan fingerprint density at radius 3 is 2.26 bits per heavy atom. The third-order valence-electron chi connectivity index (χ3n) is 3.05. The Labute approximate surface area is 114 Å². The maximum absolute atomic E-state index is 5.44. The second-order valence-electron chi connectivity index (χ2n) is 4.79. The van der Waals surface area contributed by atoms with E-state index in [-0.39, 0.29) is 0 Å². The van der Waals surface area contributed by atoms with Crippen molar-refractivity contribution in [3.63, 3.8) is 0 Å². The Balaban J connectivity index is 2.32. The van der Waals surface area contributed by atoms with E-state index in [1.165, 1.54) is 22.3 Å². The van der Waals surface area contributed by atoms with Crippen LogP contribution in [-0.2, 0) is 0 Å². The number of rotatable bonds is 4. The normalized spacial score (nSPS) is 10.5. The van der Waals surface area contributed by atoms with Crippen LogP contribution >= 0.6 is 0 Å². The van der Waals surface area contributed by atoms with Gasteiger partial charge in [-0.2, -0.15) is 0 Å². The summed E-state index contributed by atoms with van der Waals surface area (Å²) in [7, 11) is 0. The van der Waals surface area contributed by atoms with Gasteiger partial charge in [-0.15, -0.1) is 10.2 Å². The van der Waals surface area contributed by atoms with Gasteiger partial charge in [0.1, 0.15) is 5.82 Å². The summed E-state index contributed by atoms with van der Waals surface area (Å²) >= 11 is 0. The zero-order chi connectivity index (χ0) is 13.8. The summed E-state index contributed by atoms with van der Waals surface area (Å²) in [6.45, 7) is 7.61. The molecule has 19 heavy (non-hydrogen) atoms. The van der Waals surface area contributed by atoms with Crippen molar-refractivity contribution in [1.29, 1.82) is 0 Å². The van der Waals surface area contributed by atoms with E-state index in [9.17, 15) is 0 Å². The van der Waals surface area contributed by atoms with Crippen LogP contribution in [-0.4, -0.2) is 23.3 Å². The molecule has 100 valence electrons. The molecule has 0 amide bonds. The van der Waals surface area contributed by atoms with Gasteiger partial charge >= 0.3 is 0 Å². The molecule has 0 aliphatic carbocycles. The van der Waals surface area contributed by atoms with Gasteiger partial charge in [0, 0.05) is 18.7 Å². The van der Waals surface area contributed by atoms with E-state index in [4.69, 9.17) is 5.73 Å². The second kappa shape index (κ2) is 5.80. The number of nitrogens with zero attached hydrogens (tertiary/aromatic N) is 2. The first-order chi connectivity index (χ1) is 9.11. The van der Waals surface area contributed by atoms with Gasteiger partial charge in [-0.3, -0.25) is 0 Å². The van der Waals surface area contributed by atoms with Crippen LogP contribution in [0.5, 0.6) is 0 Å². The Morgan fingerprint density at radius 1 is 1.05 bits per heavy atom. The lowest BCUT2D eigenvalue weighted by molar-refractivity contribution is 0.973. The Kier molecular flexibility index (Phi) is 4.12. The van der Waals surface area contributed by atoms with Crippen LogP contribution in [0, 0.1) is 20.8 Å². The van der Waals surface area contributed by atoms with E-state index in [0.29, 0.717) is 13.1 Å². The highest BCUT2D eigenvalue weighted by molar-refractivity contribution is 5.68. The summed E-state index contributed by atoms with van der Waals surface area (Å²) in [5, 5.41) is 11.6. The van der Waals surface area contributed by atoms with Gasteiger partial charge in [0.05, 0.1) is 5.69 Å². The number of benzene rings is 1. The highest BCUT2D eigenvalue weighted by atomic mass is 15.2. The molecule has 0 atom stereocenters. The zero-order valence-corrected chi connectivity index (χ0v) is 11.7. The molecule has 0 fully saturated rings. The minimum absolute atomic E-state index is 0.583. The molecule has 0 spiro atoms. The lowest BCUT2D eigenvalue weighted by Crippen LogP contribution is -2.14. The predicted molar refractivity (Wildman–Crippen MR) is 79.2 cm³/mol. The van der Waals surface area contributed by atoms with Crippen molar-refractivity contribution in [3.8, 4) is 11.3 Å². The Morgan fingerprint density at radius 2 is 1.74 bits per heavy atom. The van der Waals surface area contributed by atoms with Crippen molar-refractivity contribution < 1.29 is 0 Å². The molecule has 2 aromatic rings. The Bertz CT molecular complexity index is 538. The van der Waals surface area contributed by atoms with Gasteiger partial charge in [-0.05, 0) is 44.0 Å². The largest absolute Gasteiger partial charge is 0.367 e. The van der Waals surface area contributed by atoms with E-state index in [2.05, 4.69) is 48.4 Å². The van der Waals surface area contributed by atoms with Gasteiger partial charge in [-0.1, -0.05) is 17.7 Å². The van der Waals surface area contributed by atoms with Crippen molar-refractivity contribution >= 4 is 5.82 Å². The van der Waals surface area contributed by atoms with Crippen molar-refractivity contribution in [1.82, 2.24) is 10.2 Å². The van der Waals surface area contributed by atoms with Gasteiger partial charge in [-0.25, -0.2) is 0 Å². The molecule has 0 aliphatic rings. The fourth-order valence-electron chi connectivity index (χ4n) is 2.34. The van der Waals surface area contributed by atoms with Crippen LogP contribution in [0.1, 0.15) is 16.7 Å². The number of hydrogen-bond donors (Lipinski definition) is 2. The standard InChI is InChI=1S/C15H20N4/c1-10-8-11(2)15(12(3)9-10)13-4-5-14(19-18-13)17-7-6-16/h4-5,8-9H,6-7,16H2,1-3H3,(H,17,19). The number of hydrogen-bond acceptors (Lipinski definition) is 4. The lowest BCUT2D eigenvalue weighted by atomic mass is 9.97. The van der Waals surface area contributed by atoms with Crippen molar-refractivity contribution in [3.05, 3.63) is 41.0 Å². The van der Waals surface area contributed by atoms with Crippen LogP contribution in [0.2, 0.25) is 0 Å². The van der Waals surface area contributed by atoms with E-state index < -0.39 is 0 Å². The van der Waals surface area contributed by atoms with Crippen LogP contribution < -0.4 is 11.1 Å². The molecule has 3 N–H and O–H groups in total. The van der Waals surface area contributed by atoms with Crippen molar-refractivity contribution in [2.75, 3.05) is 18.4 Å². The molecule has 4 heteroatoms. The number of nitrogens with two attached hydrogens (primary N) is 1. The third kappa shape index (κ3) is 3.09. The van der Waals surface area contributed by atoms with Crippen LogP contribution in [0.4, 0.5) is 5.82 Å². The van der Waals surface area contributed by atoms with Crippen molar-refractivity contribution in [2.24, 2.45) is 5.73 Å². The average molecular weight is 256 g/mol. The van der Waals surface area contributed by atoms with Crippen LogP contribution in [0.3, 0.4) is 0 Å². The maximum atomic E-state index is 5.44. The van der Waals surface area contributed by atoms with Gasteiger partial charge in [0.25, 0.3) is 0 Å².